The molecule has 1 amide bonds. The fraction of sp³-hybridized carbons (Fsp3) is 0.292. The number of carbonyl (C=O) groups excluding carboxylic acids is 1. The van der Waals surface area contributed by atoms with E-state index in [2.05, 4.69) is 24.8 Å². The van der Waals surface area contributed by atoms with E-state index in [1.165, 1.54) is 11.2 Å². The van der Waals surface area contributed by atoms with E-state index in [4.69, 9.17) is 0 Å². The second-order valence-electron chi connectivity index (χ2n) is 8.75. The SMILES string of the molecule is O=C(c1cc(N2CCC(n3c(=O)[nH]c4ncccc43)CC2)ncn1)N1CCc2cc(F)c(F)cc21. The van der Waals surface area contributed by atoms with Gasteiger partial charge in [0.2, 0.25) is 0 Å². The first-order valence-electron chi connectivity index (χ1n) is 11.4. The Morgan fingerprint density at radius 2 is 1.83 bits per heavy atom. The molecule has 3 aromatic heterocycles. The van der Waals surface area contributed by atoms with E-state index < -0.39 is 11.6 Å². The predicted molar refractivity (Wildman–Crippen MR) is 125 cm³/mol. The first kappa shape index (κ1) is 21.4. The van der Waals surface area contributed by atoms with Gasteiger partial charge in [0.25, 0.3) is 5.91 Å². The molecule has 1 saturated heterocycles. The van der Waals surface area contributed by atoms with Crippen LogP contribution in [-0.2, 0) is 6.42 Å². The molecule has 9 nitrogen and oxygen atoms in total. The number of fused-ring (bicyclic) bond motifs is 2. The summed E-state index contributed by atoms with van der Waals surface area (Å²) in [5.41, 5.74) is 2.34. The molecule has 0 unspecified atom stereocenters. The van der Waals surface area contributed by atoms with Crippen molar-refractivity contribution in [3.05, 3.63) is 76.2 Å². The summed E-state index contributed by atoms with van der Waals surface area (Å²) in [5, 5.41) is 0. The minimum Gasteiger partial charge on any atom is -0.356 e. The number of hydrogen-bond acceptors (Lipinski definition) is 6. The molecule has 11 heteroatoms. The smallest absolute Gasteiger partial charge is 0.327 e. The Balaban J connectivity index is 1.20. The van der Waals surface area contributed by atoms with Crippen molar-refractivity contribution >= 4 is 28.6 Å². The minimum atomic E-state index is -0.986. The second kappa shape index (κ2) is 8.26. The van der Waals surface area contributed by atoms with Crippen LogP contribution < -0.4 is 15.5 Å². The van der Waals surface area contributed by atoms with Gasteiger partial charge < -0.3 is 9.80 Å². The van der Waals surface area contributed by atoms with E-state index in [0.717, 1.165) is 30.5 Å². The van der Waals surface area contributed by atoms with Crippen LogP contribution in [0.3, 0.4) is 0 Å². The Morgan fingerprint density at radius 1 is 1.03 bits per heavy atom. The Labute approximate surface area is 198 Å². The number of piperidine rings is 1. The molecule has 4 aromatic rings. The van der Waals surface area contributed by atoms with Crippen molar-refractivity contribution < 1.29 is 13.6 Å². The number of nitrogens with one attached hydrogen (secondary N) is 1. The summed E-state index contributed by atoms with van der Waals surface area (Å²) in [6.45, 7) is 1.62. The maximum absolute atomic E-state index is 13.8. The van der Waals surface area contributed by atoms with E-state index in [1.54, 1.807) is 16.8 Å². The number of imidazole rings is 1. The van der Waals surface area contributed by atoms with Gasteiger partial charge in [-0.1, -0.05) is 0 Å². The number of aromatic amines is 1. The van der Waals surface area contributed by atoms with Crippen molar-refractivity contribution in [1.29, 1.82) is 0 Å². The number of H-pyrrole nitrogens is 1. The third-order valence-electron chi connectivity index (χ3n) is 6.78. The van der Waals surface area contributed by atoms with Gasteiger partial charge in [0.05, 0.1) is 11.2 Å². The number of carbonyl (C=O) groups is 1. The number of rotatable bonds is 3. The molecule has 1 fully saturated rings. The standard InChI is InChI=1S/C24H21F2N7O2/c25-16-10-14-3-9-32(20(14)11-17(16)26)23(34)18-12-21(29-13-28-18)31-7-4-15(5-8-31)33-19-2-1-6-27-22(19)30-24(33)35/h1-2,6,10-13,15H,3-5,7-9H2,(H,27,30,35). The van der Waals surface area contributed by atoms with Crippen LogP contribution in [0.4, 0.5) is 20.3 Å². The fourth-order valence-corrected chi connectivity index (χ4v) is 5.04. The largest absolute Gasteiger partial charge is 0.356 e. The summed E-state index contributed by atoms with van der Waals surface area (Å²) >= 11 is 0. The van der Waals surface area contributed by atoms with Crippen LogP contribution in [0.25, 0.3) is 11.2 Å². The lowest BCUT2D eigenvalue weighted by molar-refractivity contribution is 0.0984. The average Bonchev–Trinajstić information content (AvgIpc) is 3.43. The Bertz CT molecular complexity index is 1510. The Hall–Kier alpha value is -4.15. The van der Waals surface area contributed by atoms with Crippen molar-refractivity contribution in [2.75, 3.05) is 29.4 Å². The van der Waals surface area contributed by atoms with Gasteiger partial charge >= 0.3 is 5.69 Å². The summed E-state index contributed by atoms with van der Waals surface area (Å²) in [6.07, 6.45) is 4.88. The van der Waals surface area contributed by atoms with Crippen LogP contribution >= 0.6 is 0 Å². The second-order valence-corrected chi connectivity index (χ2v) is 8.75. The highest BCUT2D eigenvalue weighted by Crippen LogP contribution is 2.32. The molecule has 2 aliphatic heterocycles. The van der Waals surface area contributed by atoms with Crippen molar-refractivity contribution in [3.8, 4) is 0 Å². The molecule has 0 spiro atoms. The van der Waals surface area contributed by atoms with Crippen LogP contribution in [0.15, 0.2) is 47.7 Å². The van der Waals surface area contributed by atoms with Crippen LogP contribution in [-0.4, -0.2) is 50.0 Å². The number of anilines is 2. The van der Waals surface area contributed by atoms with E-state index in [1.807, 2.05) is 12.1 Å². The molecule has 35 heavy (non-hydrogen) atoms. The molecule has 2 aliphatic rings. The molecule has 178 valence electrons. The quantitative estimate of drug-likeness (QED) is 0.487. The third-order valence-corrected chi connectivity index (χ3v) is 6.78. The van der Waals surface area contributed by atoms with E-state index in [9.17, 15) is 18.4 Å². The zero-order valence-corrected chi connectivity index (χ0v) is 18.6. The lowest BCUT2D eigenvalue weighted by atomic mass is 10.0. The Kier molecular flexibility index (Phi) is 5.05. The lowest BCUT2D eigenvalue weighted by Gasteiger charge is -2.33. The summed E-state index contributed by atoms with van der Waals surface area (Å²) in [5.74, 6) is -1.68. The number of pyridine rings is 1. The molecule has 5 heterocycles. The molecule has 1 N–H and O–H groups in total. The molecule has 0 atom stereocenters. The first-order chi connectivity index (χ1) is 17.0. The summed E-state index contributed by atoms with van der Waals surface area (Å²) in [6, 6.07) is 7.54. The topological polar surface area (TPSA) is 100 Å². The van der Waals surface area contributed by atoms with Crippen molar-refractivity contribution in [2.24, 2.45) is 0 Å². The summed E-state index contributed by atoms with van der Waals surface area (Å²) < 4.78 is 29.1. The van der Waals surface area contributed by atoms with Gasteiger partial charge in [0.1, 0.15) is 17.8 Å². The number of nitrogens with zero attached hydrogens (tertiary/aromatic N) is 6. The number of amides is 1. The zero-order chi connectivity index (χ0) is 24.1. The van der Waals surface area contributed by atoms with Crippen molar-refractivity contribution in [3.63, 3.8) is 0 Å². The van der Waals surface area contributed by atoms with Crippen molar-refractivity contribution in [2.45, 2.75) is 25.3 Å². The van der Waals surface area contributed by atoms with Crippen LogP contribution in [0.5, 0.6) is 0 Å². The van der Waals surface area contributed by atoms with E-state index >= 15 is 0 Å². The fourth-order valence-electron chi connectivity index (χ4n) is 5.04. The van der Waals surface area contributed by atoms with Gasteiger partial charge in [0.15, 0.2) is 17.3 Å². The molecule has 6 rings (SSSR count). The van der Waals surface area contributed by atoms with E-state index in [-0.39, 0.29) is 23.3 Å². The molecule has 1 aromatic carbocycles. The number of hydrogen-bond donors (Lipinski definition) is 1. The van der Waals surface area contributed by atoms with E-state index in [0.29, 0.717) is 48.8 Å². The Morgan fingerprint density at radius 3 is 2.66 bits per heavy atom. The maximum atomic E-state index is 13.8. The van der Waals surface area contributed by atoms with Crippen LogP contribution in [0.1, 0.15) is 34.9 Å². The molecular weight excluding hydrogens is 456 g/mol. The van der Waals surface area contributed by atoms with Gasteiger partial charge in [-0.25, -0.2) is 28.5 Å². The van der Waals surface area contributed by atoms with Crippen LogP contribution in [0.2, 0.25) is 0 Å². The zero-order valence-electron chi connectivity index (χ0n) is 18.6. The van der Waals surface area contributed by atoms with Gasteiger partial charge in [-0.15, -0.1) is 0 Å². The van der Waals surface area contributed by atoms with Gasteiger partial charge in [-0.3, -0.25) is 14.3 Å². The molecule has 0 saturated carbocycles. The van der Waals surface area contributed by atoms with Crippen LogP contribution in [0, 0.1) is 11.6 Å². The van der Waals surface area contributed by atoms with Crippen molar-refractivity contribution in [1.82, 2.24) is 24.5 Å². The first-order valence-corrected chi connectivity index (χ1v) is 11.4. The number of aromatic nitrogens is 5. The molecule has 0 bridgehead atoms. The predicted octanol–water partition coefficient (Wildman–Crippen LogP) is 2.84. The molecule has 0 aliphatic carbocycles. The number of benzene rings is 1. The molecular formula is C24H21F2N7O2. The third kappa shape index (κ3) is 3.63. The monoisotopic (exact) mass is 477 g/mol. The highest BCUT2D eigenvalue weighted by molar-refractivity contribution is 6.06. The van der Waals surface area contributed by atoms with Gasteiger partial charge in [-0.05, 0) is 43.0 Å². The normalized spacial score (nSPS) is 16.2. The number of halogens is 2. The maximum Gasteiger partial charge on any atom is 0.327 e. The van der Waals surface area contributed by atoms with Gasteiger partial charge in [0, 0.05) is 44.0 Å². The highest BCUT2D eigenvalue weighted by atomic mass is 19.2. The minimum absolute atomic E-state index is 0.0241. The average molecular weight is 477 g/mol. The highest BCUT2D eigenvalue weighted by Gasteiger charge is 2.29. The molecule has 0 radical (unpaired) electrons. The lowest BCUT2D eigenvalue weighted by Crippen LogP contribution is -2.37. The van der Waals surface area contributed by atoms with Gasteiger partial charge in [-0.2, -0.15) is 0 Å². The summed E-state index contributed by atoms with van der Waals surface area (Å²) in [4.78, 5) is 44.7. The summed E-state index contributed by atoms with van der Waals surface area (Å²) in [7, 11) is 0.